The number of aryl methyl sites for hydroxylation is 1. The molecule has 5 nitrogen and oxygen atoms in total. The molecule has 1 aliphatic heterocycles. The van der Waals surface area contributed by atoms with Gasteiger partial charge in [0.2, 0.25) is 5.91 Å². The van der Waals surface area contributed by atoms with E-state index < -0.39 is 0 Å². The molecule has 2 heterocycles. The average Bonchev–Trinajstić information content (AvgIpc) is 3.21. The number of carbonyl (C=O) groups is 1. The van der Waals surface area contributed by atoms with Gasteiger partial charge in [-0.15, -0.1) is 0 Å². The minimum atomic E-state index is 0.0501. The van der Waals surface area contributed by atoms with Crippen molar-refractivity contribution in [1.82, 2.24) is 19.7 Å². The molecule has 0 saturated heterocycles. The van der Waals surface area contributed by atoms with Crippen LogP contribution in [0.15, 0.2) is 48.8 Å². The van der Waals surface area contributed by atoms with Crippen LogP contribution in [0.5, 0.6) is 0 Å². The van der Waals surface area contributed by atoms with Gasteiger partial charge in [-0.1, -0.05) is 35.9 Å². The third-order valence-corrected chi connectivity index (χ3v) is 4.66. The molecule has 6 heteroatoms. The van der Waals surface area contributed by atoms with Crippen LogP contribution in [0, 0.1) is 6.92 Å². The average molecular weight is 353 g/mol. The van der Waals surface area contributed by atoms with Crippen LogP contribution in [0.1, 0.15) is 17.0 Å². The summed E-state index contributed by atoms with van der Waals surface area (Å²) in [5.41, 5.74) is 4.64. The first-order valence-electron chi connectivity index (χ1n) is 8.10. The van der Waals surface area contributed by atoms with Crippen molar-refractivity contribution < 1.29 is 4.79 Å². The van der Waals surface area contributed by atoms with E-state index in [1.165, 1.54) is 11.1 Å². The molecule has 126 valence electrons. The standard InChI is InChI=1S/C19H17ClN4O/c1-13-21-12-24(22-13)11-19(25)23-9-16-3-2-15(8-17(16)10-23)14-4-6-18(20)7-5-14/h2-8,12H,9-11H2,1H3. The molecule has 4 rings (SSSR count). The van der Waals surface area contributed by atoms with Crippen LogP contribution >= 0.6 is 11.6 Å². The number of carbonyl (C=O) groups excluding carboxylic acids is 1. The maximum Gasteiger partial charge on any atom is 0.244 e. The minimum absolute atomic E-state index is 0.0501. The second-order valence-electron chi connectivity index (χ2n) is 6.23. The predicted molar refractivity (Wildman–Crippen MR) is 95.9 cm³/mol. The number of hydrogen-bond donors (Lipinski definition) is 0. The van der Waals surface area contributed by atoms with Crippen LogP contribution in [0.2, 0.25) is 5.02 Å². The summed E-state index contributed by atoms with van der Waals surface area (Å²) in [5, 5.41) is 4.91. The van der Waals surface area contributed by atoms with Crippen LogP contribution in [0.4, 0.5) is 0 Å². The largest absolute Gasteiger partial charge is 0.332 e. The zero-order valence-corrected chi connectivity index (χ0v) is 14.6. The molecule has 1 aliphatic rings. The van der Waals surface area contributed by atoms with Gasteiger partial charge in [0.15, 0.2) is 0 Å². The third-order valence-electron chi connectivity index (χ3n) is 4.41. The molecule has 3 aromatic rings. The summed E-state index contributed by atoms with van der Waals surface area (Å²) in [6.45, 7) is 3.30. The highest BCUT2D eigenvalue weighted by Crippen LogP contribution is 2.29. The molecular weight excluding hydrogens is 336 g/mol. The van der Waals surface area contributed by atoms with Gasteiger partial charge in [-0.3, -0.25) is 4.79 Å². The van der Waals surface area contributed by atoms with Gasteiger partial charge in [-0.05, 0) is 47.4 Å². The van der Waals surface area contributed by atoms with Gasteiger partial charge in [0.1, 0.15) is 18.7 Å². The fraction of sp³-hybridized carbons (Fsp3) is 0.211. The predicted octanol–water partition coefficient (Wildman–Crippen LogP) is 3.45. The second-order valence-corrected chi connectivity index (χ2v) is 6.67. The fourth-order valence-electron chi connectivity index (χ4n) is 3.10. The Morgan fingerprint density at radius 2 is 1.80 bits per heavy atom. The summed E-state index contributed by atoms with van der Waals surface area (Å²) in [7, 11) is 0. The number of nitrogens with zero attached hydrogens (tertiary/aromatic N) is 4. The molecule has 0 N–H and O–H groups in total. The lowest BCUT2D eigenvalue weighted by Gasteiger charge is -2.14. The van der Waals surface area contributed by atoms with Crippen molar-refractivity contribution in [3.8, 4) is 11.1 Å². The highest BCUT2D eigenvalue weighted by Gasteiger charge is 2.24. The van der Waals surface area contributed by atoms with E-state index in [1.807, 2.05) is 36.1 Å². The Morgan fingerprint density at radius 1 is 1.08 bits per heavy atom. The van der Waals surface area contributed by atoms with E-state index in [1.54, 1.807) is 11.0 Å². The van der Waals surface area contributed by atoms with Crippen molar-refractivity contribution in [2.24, 2.45) is 0 Å². The van der Waals surface area contributed by atoms with Crippen LogP contribution in [0.25, 0.3) is 11.1 Å². The van der Waals surface area contributed by atoms with Crippen molar-refractivity contribution in [3.63, 3.8) is 0 Å². The number of benzene rings is 2. The van der Waals surface area contributed by atoms with E-state index in [0.29, 0.717) is 18.9 Å². The molecule has 0 unspecified atom stereocenters. The Bertz CT molecular complexity index is 933. The molecular formula is C19H17ClN4O. The lowest BCUT2D eigenvalue weighted by Crippen LogP contribution is -2.29. The van der Waals surface area contributed by atoms with Crippen molar-refractivity contribution >= 4 is 17.5 Å². The highest BCUT2D eigenvalue weighted by molar-refractivity contribution is 6.30. The number of amides is 1. The number of hydrogen-bond acceptors (Lipinski definition) is 3. The van der Waals surface area contributed by atoms with Crippen molar-refractivity contribution in [2.75, 3.05) is 0 Å². The van der Waals surface area contributed by atoms with Crippen molar-refractivity contribution in [1.29, 1.82) is 0 Å². The van der Waals surface area contributed by atoms with E-state index in [4.69, 9.17) is 11.6 Å². The third kappa shape index (κ3) is 3.28. The van der Waals surface area contributed by atoms with Gasteiger partial charge >= 0.3 is 0 Å². The van der Waals surface area contributed by atoms with E-state index in [2.05, 4.69) is 28.3 Å². The highest BCUT2D eigenvalue weighted by atomic mass is 35.5. The van der Waals surface area contributed by atoms with Gasteiger partial charge in [0, 0.05) is 18.1 Å². The Hall–Kier alpha value is -2.66. The summed E-state index contributed by atoms with van der Waals surface area (Å²) in [4.78, 5) is 18.4. The van der Waals surface area contributed by atoms with E-state index in [9.17, 15) is 4.79 Å². The maximum atomic E-state index is 12.5. The Balaban J connectivity index is 1.50. The van der Waals surface area contributed by atoms with Crippen LogP contribution < -0.4 is 0 Å². The first kappa shape index (κ1) is 15.8. The first-order chi connectivity index (χ1) is 12.1. The molecule has 0 bridgehead atoms. The van der Waals surface area contributed by atoms with Crippen LogP contribution in [-0.2, 0) is 24.4 Å². The van der Waals surface area contributed by atoms with Gasteiger partial charge in [-0.25, -0.2) is 9.67 Å². The molecule has 0 atom stereocenters. The molecule has 0 saturated carbocycles. The number of fused-ring (bicyclic) bond motifs is 1. The monoisotopic (exact) mass is 352 g/mol. The van der Waals surface area contributed by atoms with E-state index >= 15 is 0 Å². The van der Waals surface area contributed by atoms with Crippen molar-refractivity contribution in [2.45, 2.75) is 26.6 Å². The molecule has 0 fully saturated rings. The molecule has 25 heavy (non-hydrogen) atoms. The van der Waals surface area contributed by atoms with E-state index in [-0.39, 0.29) is 12.5 Å². The summed E-state index contributed by atoms with van der Waals surface area (Å²) in [6.07, 6.45) is 1.59. The van der Waals surface area contributed by atoms with Gasteiger partial charge in [0.05, 0.1) is 0 Å². The van der Waals surface area contributed by atoms with Crippen molar-refractivity contribution in [3.05, 3.63) is 70.8 Å². The molecule has 1 aromatic heterocycles. The first-order valence-corrected chi connectivity index (χ1v) is 8.48. The minimum Gasteiger partial charge on any atom is -0.332 e. The smallest absolute Gasteiger partial charge is 0.244 e. The zero-order chi connectivity index (χ0) is 17.4. The lowest BCUT2D eigenvalue weighted by molar-refractivity contribution is -0.132. The summed E-state index contributed by atoms with van der Waals surface area (Å²) in [5.74, 6) is 0.722. The molecule has 0 aliphatic carbocycles. The molecule has 0 spiro atoms. The van der Waals surface area contributed by atoms with Crippen LogP contribution in [0.3, 0.4) is 0 Å². The van der Waals surface area contributed by atoms with Gasteiger partial charge in [0.25, 0.3) is 0 Å². The fourth-order valence-corrected chi connectivity index (χ4v) is 3.22. The lowest BCUT2D eigenvalue weighted by atomic mass is 10.0. The second kappa shape index (κ2) is 6.33. The Morgan fingerprint density at radius 3 is 2.52 bits per heavy atom. The SMILES string of the molecule is Cc1ncn(CC(=O)N2Cc3ccc(-c4ccc(Cl)cc4)cc3C2)n1. The number of halogens is 1. The van der Waals surface area contributed by atoms with Gasteiger partial charge < -0.3 is 4.90 Å². The summed E-state index contributed by atoms with van der Waals surface area (Å²) < 4.78 is 1.58. The van der Waals surface area contributed by atoms with E-state index in [0.717, 1.165) is 16.1 Å². The zero-order valence-electron chi connectivity index (χ0n) is 13.8. The Labute approximate surface area is 150 Å². The molecule has 2 aromatic carbocycles. The molecule has 0 radical (unpaired) electrons. The normalized spacial score (nSPS) is 13.1. The maximum absolute atomic E-state index is 12.5. The quantitative estimate of drug-likeness (QED) is 0.725. The summed E-state index contributed by atoms with van der Waals surface area (Å²) in [6, 6.07) is 14.2. The topological polar surface area (TPSA) is 51.0 Å². The molecule has 1 amide bonds. The van der Waals surface area contributed by atoms with Gasteiger partial charge in [-0.2, -0.15) is 5.10 Å². The summed E-state index contributed by atoms with van der Waals surface area (Å²) >= 11 is 5.96. The van der Waals surface area contributed by atoms with Crippen LogP contribution in [-0.4, -0.2) is 25.6 Å². The Kier molecular flexibility index (Phi) is 4.01. The number of rotatable bonds is 3. The number of aromatic nitrogens is 3.